The molecule has 0 aliphatic rings. The van der Waals surface area contributed by atoms with E-state index in [2.05, 4.69) is 35.0 Å². The molecule has 0 bridgehead atoms. The summed E-state index contributed by atoms with van der Waals surface area (Å²) in [4.78, 5) is 0. The second kappa shape index (κ2) is 4.25. The first kappa shape index (κ1) is 12.0. The summed E-state index contributed by atoms with van der Waals surface area (Å²) < 4.78 is 2.14. The molecule has 0 atom stereocenters. The molecule has 1 aromatic heterocycles. The number of fused-ring (bicyclic) bond motifs is 1. The molecule has 0 saturated carbocycles. The molecule has 2 heteroatoms. The van der Waals surface area contributed by atoms with E-state index in [-0.39, 0.29) is 0 Å². The maximum Gasteiger partial charge on any atom is 0.0841 e. The van der Waals surface area contributed by atoms with Crippen molar-refractivity contribution in [3.63, 3.8) is 0 Å². The van der Waals surface area contributed by atoms with E-state index >= 15 is 0 Å². The Morgan fingerprint density at radius 2 is 1.74 bits per heavy atom. The van der Waals surface area contributed by atoms with E-state index in [1.54, 1.807) is 13.8 Å². The molecule has 96 valence electrons. The van der Waals surface area contributed by atoms with Crippen molar-refractivity contribution < 1.29 is 5.11 Å². The molecule has 0 unspecified atom stereocenters. The Morgan fingerprint density at radius 1 is 0.947 bits per heavy atom. The largest absolute Gasteiger partial charge is 0.386 e. The second-order valence-electron chi connectivity index (χ2n) is 5.35. The Hall–Kier alpha value is -2.06. The van der Waals surface area contributed by atoms with Crippen LogP contribution in [-0.2, 0) is 5.60 Å². The minimum Gasteiger partial charge on any atom is -0.386 e. The molecule has 3 rings (SSSR count). The van der Waals surface area contributed by atoms with Crippen LogP contribution in [0.2, 0.25) is 0 Å². The number of para-hydroxylation sites is 1. The summed E-state index contributed by atoms with van der Waals surface area (Å²) in [5, 5.41) is 11.3. The third-order valence-corrected chi connectivity index (χ3v) is 3.43. The van der Waals surface area contributed by atoms with Crippen molar-refractivity contribution in [1.29, 1.82) is 0 Å². The van der Waals surface area contributed by atoms with E-state index in [9.17, 15) is 5.11 Å². The van der Waals surface area contributed by atoms with Crippen LogP contribution in [-0.4, -0.2) is 9.67 Å². The van der Waals surface area contributed by atoms with Gasteiger partial charge >= 0.3 is 0 Å². The third-order valence-electron chi connectivity index (χ3n) is 3.43. The first-order valence-corrected chi connectivity index (χ1v) is 6.45. The Labute approximate surface area is 112 Å². The minimum absolute atomic E-state index is 0.820. The average molecular weight is 251 g/mol. The highest BCUT2D eigenvalue weighted by Crippen LogP contribution is 2.25. The van der Waals surface area contributed by atoms with Crippen LogP contribution in [0.5, 0.6) is 0 Å². The first-order chi connectivity index (χ1) is 9.05. The van der Waals surface area contributed by atoms with Gasteiger partial charge < -0.3 is 9.67 Å². The van der Waals surface area contributed by atoms with Crippen molar-refractivity contribution in [2.75, 3.05) is 0 Å². The summed E-state index contributed by atoms with van der Waals surface area (Å²) in [5.74, 6) is 0. The van der Waals surface area contributed by atoms with Gasteiger partial charge in [0.1, 0.15) is 0 Å². The number of rotatable bonds is 2. The molecule has 0 fully saturated rings. The van der Waals surface area contributed by atoms with E-state index in [1.165, 1.54) is 10.9 Å². The summed E-state index contributed by atoms with van der Waals surface area (Å²) in [6, 6.07) is 18.4. The zero-order chi connectivity index (χ0) is 13.5. The predicted molar refractivity (Wildman–Crippen MR) is 78.5 cm³/mol. The fourth-order valence-electron chi connectivity index (χ4n) is 2.34. The van der Waals surface area contributed by atoms with E-state index in [0.29, 0.717) is 0 Å². The van der Waals surface area contributed by atoms with Gasteiger partial charge in [0.2, 0.25) is 0 Å². The van der Waals surface area contributed by atoms with Crippen LogP contribution in [0.25, 0.3) is 16.6 Å². The molecule has 0 aliphatic carbocycles. The van der Waals surface area contributed by atoms with Gasteiger partial charge in [-0.05, 0) is 49.1 Å². The zero-order valence-corrected chi connectivity index (χ0v) is 11.2. The fourth-order valence-corrected chi connectivity index (χ4v) is 2.34. The van der Waals surface area contributed by atoms with E-state index in [1.807, 2.05) is 30.3 Å². The number of hydrogen-bond acceptors (Lipinski definition) is 1. The Balaban J connectivity index is 2.17. The smallest absolute Gasteiger partial charge is 0.0841 e. The molecule has 1 heterocycles. The van der Waals surface area contributed by atoms with Crippen LogP contribution in [0, 0.1) is 0 Å². The number of benzene rings is 2. The molecular formula is C17H17NO. The van der Waals surface area contributed by atoms with Crippen LogP contribution in [0.1, 0.15) is 19.4 Å². The minimum atomic E-state index is -0.820. The van der Waals surface area contributed by atoms with Crippen LogP contribution < -0.4 is 0 Å². The fraction of sp³-hybridized carbons (Fsp3) is 0.176. The van der Waals surface area contributed by atoms with E-state index < -0.39 is 5.60 Å². The van der Waals surface area contributed by atoms with Gasteiger partial charge in [0, 0.05) is 11.9 Å². The quantitative estimate of drug-likeness (QED) is 0.735. The summed E-state index contributed by atoms with van der Waals surface area (Å²) >= 11 is 0. The Bertz CT molecular complexity index is 719. The van der Waals surface area contributed by atoms with Gasteiger partial charge in [0.15, 0.2) is 0 Å². The maximum atomic E-state index is 10.1. The number of hydrogen-bond donors (Lipinski definition) is 1. The van der Waals surface area contributed by atoms with E-state index in [0.717, 1.165) is 11.3 Å². The lowest BCUT2D eigenvalue weighted by Crippen LogP contribution is -2.15. The zero-order valence-electron chi connectivity index (χ0n) is 11.2. The van der Waals surface area contributed by atoms with Gasteiger partial charge in [-0.2, -0.15) is 0 Å². The topological polar surface area (TPSA) is 25.2 Å². The van der Waals surface area contributed by atoms with Gasteiger partial charge in [-0.25, -0.2) is 0 Å². The first-order valence-electron chi connectivity index (χ1n) is 6.45. The van der Waals surface area contributed by atoms with Crippen molar-refractivity contribution in [1.82, 2.24) is 4.57 Å². The normalized spacial score (nSPS) is 11.9. The van der Waals surface area contributed by atoms with Crippen molar-refractivity contribution >= 4 is 10.9 Å². The number of aliphatic hydroxyl groups is 1. The van der Waals surface area contributed by atoms with Crippen molar-refractivity contribution in [2.24, 2.45) is 0 Å². The molecule has 1 N–H and O–H groups in total. The van der Waals surface area contributed by atoms with Gasteiger partial charge in [-0.15, -0.1) is 0 Å². The predicted octanol–water partition coefficient (Wildman–Crippen LogP) is 3.86. The molecule has 0 amide bonds. The van der Waals surface area contributed by atoms with Gasteiger partial charge in [-0.1, -0.05) is 30.3 Å². The highest BCUT2D eigenvalue weighted by atomic mass is 16.3. The molecule has 2 aromatic carbocycles. The number of nitrogens with zero attached hydrogens (tertiary/aromatic N) is 1. The lowest BCUT2D eigenvalue weighted by molar-refractivity contribution is 0.0786. The van der Waals surface area contributed by atoms with Crippen LogP contribution >= 0.6 is 0 Å². The molecular weight excluding hydrogens is 234 g/mol. The average Bonchev–Trinajstić information content (AvgIpc) is 2.82. The van der Waals surface area contributed by atoms with Gasteiger partial charge in [0.05, 0.1) is 11.1 Å². The summed E-state index contributed by atoms with van der Waals surface area (Å²) in [6.45, 7) is 3.61. The van der Waals surface area contributed by atoms with Gasteiger partial charge in [-0.3, -0.25) is 0 Å². The lowest BCUT2D eigenvalue weighted by atomic mass is 9.98. The van der Waals surface area contributed by atoms with E-state index in [4.69, 9.17) is 0 Å². The van der Waals surface area contributed by atoms with Crippen molar-refractivity contribution in [2.45, 2.75) is 19.4 Å². The third kappa shape index (κ3) is 2.15. The SMILES string of the molecule is CC(C)(O)c1cccc(-n2ccc3ccccc32)c1. The monoisotopic (exact) mass is 251 g/mol. The molecule has 0 saturated heterocycles. The van der Waals surface area contributed by atoms with Crippen molar-refractivity contribution in [3.8, 4) is 5.69 Å². The van der Waals surface area contributed by atoms with Crippen LogP contribution in [0.4, 0.5) is 0 Å². The molecule has 0 radical (unpaired) electrons. The molecule has 0 aliphatic heterocycles. The molecule has 0 spiro atoms. The number of aromatic nitrogens is 1. The van der Waals surface area contributed by atoms with Crippen LogP contribution in [0.3, 0.4) is 0 Å². The standard InChI is InChI=1S/C17H17NO/c1-17(2,19)14-7-5-8-15(12-14)18-11-10-13-6-3-4-9-16(13)18/h3-12,19H,1-2H3. The Morgan fingerprint density at radius 3 is 2.53 bits per heavy atom. The molecule has 2 nitrogen and oxygen atoms in total. The summed E-state index contributed by atoms with van der Waals surface area (Å²) in [6.07, 6.45) is 2.06. The molecule has 19 heavy (non-hydrogen) atoms. The highest BCUT2D eigenvalue weighted by Gasteiger charge is 2.16. The second-order valence-corrected chi connectivity index (χ2v) is 5.35. The van der Waals surface area contributed by atoms with Crippen molar-refractivity contribution in [3.05, 3.63) is 66.4 Å². The highest BCUT2D eigenvalue weighted by molar-refractivity contribution is 5.81. The van der Waals surface area contributed by atoms with Gasteiger partial charge in [0.25, 0.3) is 0 Å². The summed E-state index contributed by atoms with van der Waals surface area (Å²) in [5.41, 5.74) is 2.35. The molecule has 3 aromatic rings. The maximum absolute atomic E-state index is 10.1. The summed E-state index contributed by atoms with van der Waals surface area (Å²) in [7, 11) is 0. The van der Waals surface area contributed by atoms with Crippen LogP contribution in [0.15, 0.2) is 60.8 Å². The lowest BCUT2D eigenvalue weighted by Gasteiger charge is -2.19. The Kier molecular flexibility index (Phi) is 2.68.